The van der Waals surface area contributed by atoms with Gasteiger partial charge in [0.15, 0.2) is 6.10 Å². The Morgan fingerprint density at radius 2 is 1.81 bits per heavy atom. The van der Waals surface area contributed by atoms with E-state index < -0.39 is 17.7 Å². The Kier molecular flexibility index (Phi) is 5.07. The Hall–Kier alpha value is -3.42. The number of carbonyl (C=O) groups is 1. The van der Waals surface area contributed by atoms with Crippen molar-refractivity contribution in [2.45, 2.75) is 26.9 Å². The first kappa shape index (κ1) is 18.4. The molecule has 2 aromatic heterocycles. The van der Waals surface area contributed by atoms with Crippen molar-refractivity contribution in [2.75, 3.05) is 7.11 Å². The standard InChI is InChI=1S/C19H18N2O6/c1-10-9-15(22)25-11(2)16(10)19(23)26-12(3)17-20-21-18(27-17)13-5-7-14(24-4)8-6-13/h5-9,12H,1-4H3. The highest BCUT2D eigenvalue weighted by molar-refractivity contribution is 5.91. The SMILES string of the molecule is COc1ccc(-c2nnc(C(C)OC(=O)c3c(C)cc(=O)oc3C)o2)cc1. The van der Waals surface area contributed by atoms with Crippen molar-refractivity contribution in [3.05, 3.63) is 63.5 Å². The van der Waals surface area contributed by atoms with Gasteiger partial charge in [-0.3, -0.25) is 0 Å². The van der Waals surface area contributed by atoms with Crippen molar-refractivity contribution in [1.82, 2.24) is 10.2 Å². The molecular weight excluding hydrogens is 352 g/mol. The second-order valence-electron chi connectivity index (χ2n) is 5.90. The molecule has 0 spiro atoms. The quantitative estimate of drug-likeness (QED) is 0.630. The molecule has 3 rings (SSSR count). The molecule has 1 atom stereocenters. The molecule has 0 aliphatic rings. The summed E-state index contributed by atoms with van der Waals surface area (Å²) in [5.41, 5.74) is 0.877. The van der Waals surface area contributed by atoms with Crippen LogP contribution in [0.4, 0.5) is 0 Å². The van der Waals surface area contributed by atoms with E-state index in [4.69, 9.17) is 18.3 Å². The van der Waals surface area contributed by atoms with E-state index in [1.165, 1.54) is 13.0 Å². The van der Waals surface area contributed by atoms with Crippen molar-refractivity contribution in [2.24, 2.45) is 0 Å². The molecule has 0 aliphatic heterocycles. The predicted molar refractivity (Wildman–Crippen MR) is 94.6 cm³/mol. The minimum Gasteiger partial charge on any atom is -0.497 e. The summed E-state index contributed by atoms with van der Waals surface area (Å²) < 4.78 is 21.1. The molecule has 2 heterocycles. The predicted octanol–water partition coefficient (Wildman–Crippen LogP) is 3.23. The van der Waals surface area contributed by atoms with Gasteiger partial charge in [0.2, 0.25) is 5.89 Å². The van der Waals surface area contributed by atoms with Crippen LogP contribution < -0.4 is 10.4 Å². The molecule has 8 heteroatoms. The molecule has 140 valence electrons. The first-order chi connectivity index (χ1) is 12.9. The molecule has 0 fully saturated rings. The van der Waals surface area contributed by atoms with Gasteiger partial charge in [0.05, 0.1) is 7.11 Å². The largest absolute Gasteiger partial charge is 0.497 e. The van der Waals surface area contributed by atoms with Gasteiger partial charge in [-0.15, -0.1) is 10.2 Å². The van der Waals surface area contributed by atoms with Gasteiger partial charge < -0.3 is 18.3 Å². The maximum atomic E-state index is 12.4. The lowest BCUT2D eigenvalue weighted by Crippen LogP contribution is -2.15. The van der Waals surface area contributed by atoms with Crippen LogP contribution in [0, 0.1) is 13.8 Å². The van der Waals surface area contributed by atoms with Crippen LogP contribution in [0.1, 0.15) is 40.6 Å². The average Bonchev–Trinajstić information content (AvgIpc) is 3.11. The number of aryl methyl sites for hydroxylation is 2. The highest BCUT2D eigenvalue weighted by atomic mass is 16.6. The third kappa shape index (κ3) is 3.89. The highest BCUT2D eigenvalue weighted by Gasteiger charge is 2.23. The van der Waals surface area contributed by atoms with Crippen LogP contribution in [-0.2, 0) is 4.74 Å². The van der Waals surface area contributed by atoms with Crippen LogP contribution in [0.2, 0.25) is 0 Å². The molecular formula is C19H18N2O6. The summed E-state index contributed by atoms with van der Waals surface area (Å²) in [5.74, 6) is 0.726. The number of esters is 1. The number of carbonyl (C=O) groups excluding carboxylic acids is 1. The summed E-state index contributed by atoms with van der Waals surface area (Å²) in [5, 5.41) is 7.92. The van der Waals surface area contributed by atoms with Crippen LogP contribution in [0.5, 0.6) is 5.75 Å². The Morgan fingerprint density at radius 1 is 1.11 bits per heavy atom. The van der Waals surface area contributed by atoms with E-state index in [2.05, 4.69) is 10.2 Å². The molecule has 0 amide bonds. The topological polar surface area (TPSA) is 105 Å². The lowest BCUT2D eigenvalue weighted by Gasteiger charge is -2.11. The Labute approximate surface area is 154 Å². The molecule has 27 heavy (non-hydrogen) atoms. The van der Waals surface area contributed by atoms with E-state index in [1.54, 1.807) is 45.2 Å². The van der Waals surface area contributed by atoms with E-state index >= 15 is 0 Å². The number of aromatic nitrogens is 2. The van der Waals surface area contributed by atoms with Gasteiger partial charge in [-0.2, -0.15) is 0 Å². The number of hydrogen-bond acceptors (Lipinski definition) is 8. The maximum Gasteiger partial charge on any atom is 0.342 e. The minimum atomic E-state index is -0.775. The zero-order valence-electron chi connectivity index (χ0n) is 15.3. The van der Waals surface area contributed by atoms with Crippen molar-refractivity contribution in [3.63, 3.8) is 0 Å². The van der Waals surface area contributed by atoms with Gasteiger partial charge in [0.25, 0.3) is 5.89 Å². The lowest BCUT2D eigenvalue weighted by atomic mass is 10.1. The van der Waals surface area contributed by atoms with Crippen LogP contribution in [0.25, 0.3) is 11.5 Å². The fraction of sp³-hybridized carbons (Fsp3) is 0.263. The van der Waals surface area contributed by atoms with Crippen LogP contribution >= 0.6 is 0 Å². The van der Waals surface area contributed by atoms with Crippen molar-refractivity contribution >= 4 is 5.97 Å². The molecule has 1 aromatic carbocycles. The molecule has 3 aromatic rings. The number of ether oxygens (including phenoxy) is 2. The third-order valence-electron chi connectivity index (χ3n) is 3.95. The summed E-state index contributed by atoms with van der Waals surface area (Å²) in [6.07, 6.45) is -0.775. The zero-order chi connectivity index (χ0) is 19.6. The van der Waals surface area contributed by atoms with Crippen LogP contribution in [-0.4, -0.2) is 23.3 Å². The summed E-state index contributed by atoms with van der Waals surface area (Å²) in [6.45, 7) is 4.79. The van der Waals surface area contributed by atoms with Gasteiger partial charge in [-0.1, -0.05) is 0 Å². The summed E-state index contributed by atoms with van der Waals surface area (Å²) in [6, 6.07) is 8.36. The summed E-state index contributed by atoms with van der Waals surface area (Å²) >= 11 is 0. The van der Waals surface area contributed by atoms with Crippen LogP contribution in [0.15, 0.2) is 44.0 Å². The van der Waals surface area contributed by atoms with E-state index in [0.717, 1.165) is 0 Å². The highest BCUT2D eigenvalue weighted by Crippen LogP contribution is 2.25. The second-order valence-corrected chi connectivity index (χ2v) is 5.90. The monoisotopic (exact) mass is 370 g/mol. The number of benzene rings is 1. The van der Waals surface area contributed by atoms with Crippen molar-refractivity contribution < 1.29 is 23.1 Å². The Bertz CT molecular complexity index is 993. The first-order valence-electron chi connectivity index (χ1n) is 8.19. The summed E-state index contributed by atoms with van der Waals surface area (Å²) in [7, 11) is 1.58. The summed E-state index contributed by atoms with van der Waals surface area (Å²) in [4.78, 5) is 23.8. The smallest absolute Gasteiger partial charge is 0.342 e. The van der Waals surface area contributed by atoms with Crippen LogP contribution in [0.3, 0.4) is 0 Å². The maximum absolute atomic E-state index is 12.4. The number of nitrogens with zero attached hydrogens (tertiary/aromatic N) is 2. The van der Waals surface area contributed by atoms with Gasteiger partial charge in [0, 0.05) is 11.6 Å². The van der Waals surface area contributed by atoms with Gasteiger partial charge in [-0.25, -0.2) is 9.59 Å². The van der Waals surface area contributed by atoms with Crippen molar-refractivity contribution in [3.8, 4) is 17.2 Å². The number of rotatable bonds is 5. The average molecular weight is 370 g/mol. The van der Waals surface area contributed by atoms with E-state index in [0.29, 0.717) is 22.8 Å². The van der Waals surface area contributed by atoms with Gasteiger partial charge >= 0.3 is 11.6 Å². The Balaban J connectivity index is 1.77. The van der Waals surface area contributed by atoms with E-state index in [9.17, 15) is 9.59 Å². The van der Waals surface area contributed by atoms with E-state index in [-0.39, 0.29) is 17.2 Å². The molecule has 0 radical (unpaired) electrons. The molecule has 0 bridgehead atoms. The molecule has 0 aliphatic carbocycles. The minimum absolute atomic E-state index is 0.154. The van der Waals surface area contributed by atoms with Crippen molar-refractivity contribution in [1.29, 1.82) is 0 Å². The molecule has 0 N–H and O–H groups in total. The fourth-order valence-corrected chi connectivity index (χ4v) is 2.58. The molecule has 1 unspecified atom stereocenters. The molecule has 0 saturated carbocycles. The normalized spacial score (nSPS) is 11.9. The second kappa shape index (κ2) is 7.45. The molecule has 8 nitrogen and oxygen atoms in total. The van der Waals surface area contributed by atoms with Gasteiger partial charge in [0.1, 0.15) is 17.1 Å². The number of methoxy groups -OCH3 is 1. The third-order valence-corrected chi connectivity index (χ3v) is 3.95. The lowest BCUT2D eigenvalue weighted by molar-refractivity contribution is 0.0274. The Morgan fingerprint density at radius 3 is 2.44 bits per heavy atom. The fourth-order valence-electron chi connectivity index (χ4n) is 2.58. The first-order valence-corrected chi connectivity index (χ1v) is 8.19. The van der Waals surface area contributed by atoms with E-state index in [1.807, 2.05) is 0 Å². The molecule has 0 saturated heterocycles. The van der Waals surface area contributed by atoms with Gasteiger partial charge in [-0.05, 0) is 50.6 Å². The number of hydrogen-bond donors (Lipinski definition) is 0. The zero-order valence-corrected chi connectivity index (χ0v) is 15.3.